The van der Waals surface area contributed by atoms with Crippen molar-refractivity contribution in [2.24, 2.45) is 0 Å². The minimum atomic E-state index is -0.283. The number of nitrogens with one attached hydrogen (secondary N) is 2. The monoisotopic (exact) mass is 434 g/mol. The lowest BCUT2D eigenvalue weighted by molar-refractivity contribution is -0.120. The van der Waals surface area contributed by atoms with Gasteiger partial charge in [0.25, 0.3) is 0 Å². The van der Waals surface area contributed by atoms with Crippen LogP contribution >= 0.6 is 11.6 Å². The Morgan fingerprint density at radius 1 is 0.967 bits per heavy atom. The second-order valence-corrected chi connectivity index (χ2v) is 7.40. The maximum atomic E-state index is 12.5. The van der Waals surface area contributed by atoms with Gasteiger partial charge in [0.15, 0.2) is 11.5 Å². The van der Waals surface area contributed by atoms with Gasteiger partial charge in [-0.3, -0.25) is 10.1 Å². The third-order valence-electron chi connectivity index (χ3n) is 5.41. The van der Waals surface area contributed by atoms with Gasteiger partial charge in [-0.05, 0) is 48.2 Å². The average Bonchev–Trinajstić information content (AvgIpc) is 2.78. The average molecular weight is 435 g/mol. The van der Waals surface area contributed by atoms with Gasteiger partial charge in [0.1, 0.15) is 0 Å². The Labute approximate surface area is 183 Å². The molecule has 7 heteroatoms. The van der Waals surface area contributed by atoms with E-state index >= 15 is 0 Å². The predicted octanol–water partition coefficient (Wildman–Crippen LogP) is 4.29. The maximum absolute atomic E-state index is 12.5. The normalized spacial score (nSPS) is 11.1. The van der Waals surface area contributed by atoms with Crippen molar-refractivity contribution < 1.29 is 19.0 Å². The van der Waals surface area contributed by atoms with Gasteiger partial charge in [-0.25, -0.2) is 0 Å². The Morgan fingerprint density at radius 2 is 1.53 bits per heavy atom. The molecule has 0 spiro atoms. The molecule has 0 fully saturated rings. The number of amides is 1. The number of hydrogen-bond donors (Lipinski definition) is 2. The minimum absolute atomic E-state index is 0.0935. The zero-order chi connectivity index (χ0) is 22.1. The smallest absolute Gasteiger partial charge is 0.234 e. The lowest BCUT2D eigenvalue weighted by Gasteiger charge is -2.33. The van der Waals surface area contributed by atoms with E-state index in [-0.39, 0.29) is 18.0 Å². The van der Waals surface area contributed by atoms with Crippen LogP contribution in [-0.2, 0) is 16.9 Å². The molecule has 0 unspecified atom stereocenters. The van der Waals surface area contributed by atoms with Crippen LogP contribution in [0, 0.1) is 0 Å². The molecule has 0 atom stereocenters. The van der Waals surface area contributed by atoms with E-state index in [4.69, 9.17) is 25.8 Å². The Morgan fingerprint density at radius 3 is 2.00 bits per heavy atom. The Kier molecular flexibility index (Phi) is 8.81. The molecule has 1 amide bonds. The molecule has 2 N–H and O–H groups in total. The largest absolute Gasteiger partial charge is 0.493 e. The van der Waals surface area contributed by atoms with Gasteiger partial charge in [0, 0.05) is 17.1 Å². The summed E-state index contributed by atoms with van der Waals surface area (Å²) in [6, 6.07) is 11.4. The lowest BCUT2D eigenvalue weighted by Crippen LogP contribution is -2.46. The second-order valence-electron chi connectivity index (χ2n) is 6.96. The number of benzene rings is 2. The summed E-state index contributed by atoms with van der Waals surface area (Å²) in [5.41, 5.74) is 1.69. The fourth-order valence-corrected chi connectivity index (χ4v) is 3.66. The maximum Gasteiger partial charge on any atom is 0.234 e. The number of ether oxygens (including phenoxy) is 3. The molecule has 0 heterocycles. The van der Waals surface area contributed by atoms with Crippen LogP contribution in [0.3, 0.4) is 0 Å². The predicted molar refractivity (Wildman–Crippen MR) is 120 cm³/mol. The molecular formula is C23H31ClN2O4. The first-order valence-corrected chi connectivity index (χ1v) is 10.4. The van der Waals surface area contributed by atoms with E-state index in [1.165, 1.54) is 0 Å². The Bertz CT molecular complexity index is 811. The number of methoxy groups -OCH3 is 3. The number of rotatable bonds is 11. The molecule has 164 valence electrons. The van der Waals surface area contributed by atoms with Gasteiger partial charge in [-0.2, -0.15) is 0 Å². The van der Waals surface area contributed by atoms with Crippen molar-refractivity contribution in [2.45, 2.75) is 38.8 Å². The van der Waals surface area contributed by atoms with Crippen LogP contribution in [0.4, 0.5) is 0 Å². The molecule has 2 rings (SSSR count). The first-order valence-electron chi connectivity index (χ1n) is 9.99. The zero-order valence-electron chi connectivity index (χ0n) is 18.3. The summed E-state index contributed by atoms with van der Waals surface area (Å²) in [5.74, 6) is 1.54. The summed E-state index contributed by atoms with van der Waals surface area (Å²) in [6.07, 6.45) is 1.70. The van der Waals surface area contributed by atoms with Gasteiger partial charge in [-0.1, -0.05) is 37.6 Å². The number of carbonyl (C=O) groups is 1. The van der Waals surface area contributed by atoms with Crippen molar-refractivity contribution in [3.63, 3.8) is 0 Å². The van der Waals surface area contributed by atoms with Gasteiger partial charge in [0.05, 0.1) is 27.9 Å². The van der Waals surface area contributed by atoms with E-state index in [1.807, 2.05) is 36.4 Å². The van der Waals surface area contributed by atoms with Crippen LogP contribution in [-0.4, -0.2) is 33.8 Å². The van der Waals surface area contributed by atoms with Crippen molar-refractivity contribution in [3.05, 3.63) is 52.5 Å². The molecule has 0 aliphatic heterocycles. The zero-order valence-corrected chi connectivity index (χ0v) is 19.1. The molecule has 2 aromatic rings. The summed E-state index contributed by atoms with van der Waals surface area (Å²) in [4.78, 5) is 12.5. The van der Waals surface area contributed by atoms with Crippen molar-refractivity contribution in [2.75, 3.05) is 27.9 Å². The minimum Gasteiger partial charge on any atom is -0.493 e. The highest BCUT2D eigenvalue weighted by Crippen LogP contribution is 2.38. The van der Waals surface area contributed by atoms with Gasteiger partial charge < -0.3 is 19.5 Å². The van der Waals surface area contributed by atoms with Crippen LogP contribution in [0.25, 0.3) is 0 Å². The van der Waals surface area contributed by atoms with Gasteiger partial charge >= 0.3 is 0 Å². The number of carbonyl (C=O) groups excluding carboxylic acids is 1. The third kappa shape index (κ3) is 5.58. The summed E-state index contributed by atoms with van der Waals surface area (Å²) in [7, 11) is 4.69. The summed E-state index contributed by atoms with van der Waals surface area (Å²) in [6.45, 7) is 4.77. The summed E-state index contributed by atoms with van der Waals surface area (Å²) >= 11 is 6.03. The van der Waals surface area contributed by atoms with Crippen LogP contribution in [0.1, 0.15) is 37.8 Å². The highest BCUT2D eigenvalue weighted by atomic mass is 35.5. The SMILES string of the molecule is CCC(CC)(NCC(=O)NCc1cc(OC)c(OC)c(OC)c1)c1ccc(Cl)cc1. The Balaban J connectivity index is 2.04. The third-order valence-corrected chi connectivity index (χ3v) is 5.66. The quantitative estimate of drug-likeness (QED) is 0.552. The molecule has 2 aromatic carbocycles. The van der Waals surface area contributed by atoms with Crippen molar-refractivity contribution in [1.82, 2.24) is 10.6 Å². The fraction of sp³-hybridized carbons (Fsp3) is 0.435. The van der Waals surface area contributed by atoms with Crippen molar-refractivity contribution >= 4 is 17.5 Å². The molecule has 0 bridgehead atoms. The molecule has 0 aromatic heterocycles. The van der Waals surface area contributed by atoms with E-state index in [0.717, 1.165) is 24.0 Å². The van der Waals surface area contributed by atoms with Gasteiger partial charge in [-0.15, -0.1) is 0 Å². The fourth-order valence-electron chi connectivity index (χ4n) is 3.53. The molecule has 0 saturated heterocycles. The van der Waals surface area contributed by atoms with Crippen LogP contribution < -0.4 is 24.8 Å². The summed E-state index contributed by atoms with van der Waals surface area (Å²) in [5, 5.41) is 7.09. The number of halogens is 1. The van der Waals surface area contributed by atoms with Crippen molar-refractivity contribution in [3.8, 4) is 17.2 Å². The van der Waals surface area contributed by atoms with Crippen LogP contribution in [0.2, 0.25) is 5.02 Å². The lowest BCUT2D eigenvalue weighted by atomic mass is 9.84. The number of hydrogen-bond acceptors (Lipinski definition) is 5. The first-order chi connectivity index (χ1) is 14.4. The van der Waals surface area contributed by atoms with E-state index in [1.54, 1.807) is 21.3 Å². The second kappa shape index (κ2) is 11.1. The van der Waals surface area contributed by atoms with E-state index < -0.39 is 0 Å². The highest BCUT2D eigenvalue weighted by molar-refractivity contribution is 6.30. The molecular weight excluding hydrogens is 404 g/mol. The molecule has 0 radical (unpaired) electrons. The molecule has 0 aliphatic carbocycles. The van der Waals surface area contributed by atoms with E-state index in [2.05, 4.69) is 24.5 Å². The van der Waals surface area contributed by atoms with Crippen LogP contribution in [0.15, 0.2) is 36.4 Å². The molecule has 30 heavy (non-hydrogen) atoms. The molecule has 0 saturated carbocycles. The van der Waals surface area contributed by atoms with E-state index in [0.29, 0.717) is 28.8 Å². The molecule has 6 nitrogen and oxygen atoms in total. The Hall–Kier alpha value is -2.44. The first kappa shape index (κ1) is 23.8. The van der Waals surface area contributed by atoms with Crippen LogP contribution in [0.5, 0.6) is 17.2 Å². The van der Waals surface area contributed by atoms with E-state index in [9.17, 15) is 4.79 Å². The van der Waals surface area contributed by atoms with Gasteiger partial charge in [0.2, 0.25) is 11.7 Å². The topological polar surface area (TPSA) is 68.8 Å². The summed E-state index contributed by atoms with van der Waals surface area (Å²) < 4.78 is 16.1. The standard InChI is InChI=1S/C23H31ClN2O4/c1-6-23(7-2,17-8-10-18(24)11-9-17)26-15-21(27)25-14-16-12-19(28-3)22(30-5)20(13-16)29-4/h8-13,26H,6-7,14-15H2,1-5H3,(H,25,27). The highest BCUT2D eigenvalue weighted by Gasteiger charge is 2.28. The van der Waals surface area contributed by atoms with Crippen molar-refractivity contribution in [1.29, 1.82) is 0 Å². The molecule has 0 aliphatic rings.